The van der Waals surface area contributed by atoms with Gasteiger partial charge >= 0.3 is 5.97 Å². The van der Waals surface area contributed by atoms with Gasteiger partial charge in [-0.05, 0) is 21.5 Å². The van der Waals surface area contributed by atoms with Gasteiger partial charge in [0.05, 0.1) is 12.1 Å². The van der Waals surface area contributed by atoms with E-state index in [2.05, 4.69) is 36.8 Å². The van der Waals surface area contributed by atoms with Crippen LogP contribution in [-0.4, -0.2) is 16.1 Å². The van der Waals surface area contributed by atoms with Crippen LogP contribution in [0.4, 0.5) is 8.78 Å². The topological polar surface area (TPSA) is 50.2 Å². The summed E-state index contributed by atoms with van der Waals surface area (Å²) in [5.74, 6) is -1.16. The molecule has 0 radical (unpaired) electrons. The summed E-state index contributed by atoms with van der Waals surface area (Å²) in [5, 5.41) is 8.82. The quantitative estimate of drug-likeness (QED) is 0.840. The molecular weight excluding hydrogens is 352 g/mol. The van der Waals surface area contributed by atoms with Gasteiger partial charge in [-0.25, -0.2) is 8.78 Å². The first-order valence-corrected chi connectivity index (χ1v) is 6.10. The van der Waals surface area contributed by atoms with Crippen LogP contribution in [0.3, 0.4) is 0 Å². The zero-order valence-electron chi connectivity index (χ0n) is 7.88. The predicted molar refractivity (Wildman–Crippen MR) is 60.9 cm³/mol. The third kappa shape index (κ3) is 2.98. The molecule has 0 aliphatic carbocycles. The minimum Gasteiger partial charge on any atom is -0.481 e. The lowest BCUT2D eigenvalue weighted by molar-refractivity contribution is -0.136. The molecule has 0 spiro atoms. The van der Waals surface area contributed by atoms with E-state index in [9.17, 15) is 13.6 Å². The van der Waals surface area contributed by atoms with Crippen molar-refractivity contribution in [1.82, 2.24) is 4.98 Å². The molecule has 0 saturated heterocycles. The summed E-state index contributed by atoms with van der Waals surface area (Å²) in [6.45, 7) is 0. The second kappa shape index (κ2) is 5.67. The van der Waals surface area contributed by atoms with E-state index in [1.54, 1.807) is 0 Å². The maximum atomic E-state index is 12.8. The average Bonchev–Trinajstić information content (AvgIpc) is 2.19. The lowest BCUT2D eigenvalue weighted by atomic mass is 10.0. The monoisotopic (exact) mass is 357 g/mol. The molecule has 0 atom stereocenters. The Morgan fingerprint density at radius 1 is 1.56 bits per heavy atom. The molecule has 0 aliphatic rings. The Morgan fingerprint density at radius 2 is 2.19 bits per heavy atom. The number of carbonyl (C=O) groups is 1. The molecule has 0 fully saturated rings. The highest BCUT2D eigenvalue weighted by molar-refractivity contribution is 9.10. The second-order valence-corrected chi connectivity index (χ2v) is 4.36. The van der Waals surface area contributed by atoms with Crippen LogP contribution in [-0.2, 0) is 16.5 Å². The third-order valence-electron chi connectivity index (χ3n) is 1.93. The summed E-state index contributed by atoms with van der Waals surface area (Å²) >= 11 is 6.08. The van der Waals surface area contributed by atoms with Gasteiger partial charge in [0, 0.05) is 21.6 Å². The zero-order chi connectivity index (χ0) is 12.3. The molecule has 7 heteroatoms. The number of hydrogen-bond acceptors (Lipinski definition) is 2. The Balaban J connectivity index is 3.35. The fourth-order valence-corrected chi connectivity index (χ4v) is 2.18. The lowest BCUT2D eigenvalue weighted by Gasteiger charge is -2.12. The molecule has 1 aromatic heterocycles. The Bertz CT molecular complexity index is 413. The Kier molecular flexibility index (Phi) is 4.79. The molecule has 3 nitrogen and oxygen atoms in total. The van der Waals surface area contributed by atoms with Crippen LogP contribution in [0.1, 0.15) is 23.2 Å². The third-order valence-corrected chi connectivity index (χ3v) is 3.15. The molecule has 88 valence electrons. The molecule has 16 heavy (non-hydrogen) atoms. The van der Waals surface area contributed by atoms with Gasteiger partial charge in [0.15, 0.2) is 0 Å². The highest BCUT2D eigenvalue weighted by atomic mass is 79.9. The summed E-state index contributed by atoms with van der Waals surface area (Å²) in [5.41, 5.74) is -0.0740. The van der Waals surface area contributed by atoms with E-state index in [4.69, 9.17) is 5.11 Å². The zero-order valence-corrected chi connectivity index (χ0v) is 11.1. The molecule has 1 heterocycles. The summed E-state index contributed by atoms with van der Waals surface area (Å²) < 4.78 is 25.9. The molecule has 0 saturated carbocycles. The highest BCUT2D eigenvalue weighted by Gasteiger charge is 2.22. The van der Waals surface area contributed by atoms with E-state index < -0.39 is 18.8 Å². The Morgan fingerprint density at radius 3 is 2.62 bits per heavy atom. The minimum absolute atomic E-state index is 0.0759. The van der Waals surface area contributed by atoms with Crippen LogP contribution < -0.4 is 0 Å². The largest absolute Gasteiger partial charge is 0.481 e. The van der Waals surface area contributed by atoms with E-state index in [-0.39, 0.29) is 26.6 Å². The van der Waals surface area contributed by atoms with Crippen molar-refractivity contribution < 1.29 is 18.7 Å². The number of pyridine rings is 1. The highest BCUT2D eigenvalue weighted by Crippen LogP contribution is 2.31. The van der Waals surface area contributed by atoms with Crippen molar-refractivity contribution in [2.75, 3.05) is 0 Å². The van der Waals surface area contributed by atoms with Crippen LogP contribution in [0.5, 0.6) is 0 Å². The summed E-state index contributed by atoms with van der Waals surface area (Å²) in [6, 6.07) is 0. The van der Waals surface area contributed by atoms with Crippen LogP contribution in [0.15, 0.2) is 10.7 Å². The van der Waals surface area contributed by atoms with Crippen LogP contribution >= 0.6 is 31.9 Å². The number of carboxylic acids is 1. The maximum absolute atomic E-state index is 12.8. The number of carboxylic acid groups (broad SMARTS) is 1. The molecule has 1 aromatic rings. The van der Waals surface area contributed by atoms with Crippen molar-refractivity contribution in [2.24, 2.45) is 0 Å². The van der Waals surface area contributed by atoms with Gasteiger partial charge in [0.25, 0.3) is 6.43 Å². The first-order chi connectivity index (χ1) is 7.47. The molecule has 1 rings (SSSR count). The van der Waals surface area contributed by atoms with Crippen molar-refractivity contribution in [2.45, 2.75) is 18.2 Å². The van der Waals surface area contributed by atoms with Crippen LogP contribution in [0, 0.1) is 0 Å². The average molecular weight is 359 g/mol. The van der Waals surface area contributed by atoms with Gasteiger partial charge < -0.3 is 5.11 Å². The first kappa shape index (κ1) is 13.5. The van der Waals surface area contributed by atoms with Gasteiger partial charge in [-0.2, -0.15) is 0 Å². The van der Waals surface area contributed by atoms with Crippen molar-refractivity contribution in [3.63, 3.8) is 0 Å². The van der Waals surface area contributed by atoms with E-state index in [0.717, 1.165) is 0 Å². The summed E-state index contributed by atoms with van der Waals surface area (Å²) in [6.07, 6.45) is -1.87. The number of alkyl halides is 3. The summed E-state index contributed by atoms with van der Waals surface area (Å²) in [4.78, 5) is 14.4. The van der Waals surface area contributed by atoms with Gasteiger partial charge in [-0.1, -0.05) is 15.9 Å². The van der Waals surface area contributed by atoms with E-state index in [1.165, 1.54) is 6.20 Å². The molecule has 1 N–H and O–H groups in total. The van der Waals surface area contributed by atoms with Crippen molar-refractivity contribution in [3.8, 4) is 0 Å². The van der Waals surface area contributed by atoms with Gasteiger partial charge in [0.1, 0.15) is 0 Å². The number of aliphatic carboxylic acids is 1. The fourth-order valence-electron chi connectivity index (χ4n) is 1.28. The van der Waals surface area contributed by atoms with Crippen molar-refractivity contribution in [3.05, 3.63) is 27.5 Å². The SMILES string of the molecule is O=C(O)Cc1c(Br)cnc(CBr)c1C(F)F. The number of nitrogens with zero attached hydrogens (tertiary/aromatic N) is 1. The van der Waals surface area contributed by atoms with Gasteiger partial charge in [0.2, 0.25) is 0 Å². The number of rotatable bonds is 4. The molecule has 0 aromatic carbocycles. The second-order valence-electron chi connectivity index (χ2n) is 2.95. The Labute approximate surface area is 107 Å². The molecule has 0 aliphatic heterocycles. The fraction of sp³-hybridized carbons (Fsp3) is 0.333. The Hall–Kier alpha value is -0.560. The molecule has 0 amide bonds. The van der Waals surface area contributed by atoms with Crippen molar-refractivity contribution >= 4 is 37.8 Å². The smallest absolute Gasteiger partial charge is 0.307 e. The summed E-state index contributed by atoms with van der Waals surface area (Å²) in [7, 11) is 0. The minimum atomic E-state index is -2.74. The van der Waals surface area contributed by atoms with Crippen LogP contribution in [0.2, 0.25) is 0 Å². The van der Waals surface area contributed by atoms with Gasteiger partial charge in [-0.3, -0.25) is 9.78 Å². The first-order valence-electron chi connectivity index (χ1n) is 4.19. The van der Waals surface area contributed by atoms with E-state index in [1.807, 2.05) is 0 Å². The molecule has 0 unspecified atom stereocenters. The molecule has 0 bridgehead atoms. The normalized spacial score (nSPS) is 10.8. The van der Waals surface area contributed by atoms with Crippen molar-refractivity contribution in [1.29, 1.82) is 0 Å². The van der Waals surface area contributed by atoms with E-state index >= 15 is 0 Å². The standard InChI is InChI=1S/C9H7Br2F2NO2/c10-2-6-8(9(12)13)4(1-7(15)16)5(11)3-14-6/h3,9H,1-2H2,(H,15,16). The maximum Gasteiger partial charge on any atom is 0.307 e. The van der Waals surface area contributed by atoms with Gasteiger partial charge in [-0.15, -0.1) is 0 Å². The molecular formula is C9H7Br2F2NO2. The lowest BCUT2D eigenvalue weighted by Crippen LogP contribution is -2.08. The number of aromatic nitrogens is 1. The van der Waals surface area contributed by atoms with Crippen LogP contribution in [0.25, 0.3) is 0 Å². The number of halogens is 4. The number of hydrogen-bond donors (Lipinski definition) is 1. The predicted octanol–water partition coefficient (Wildman–Crippen LogP) is 3.30. The van der Waals surface area contributed by atoms with E-state index in [0.29, 0.717) is 0 Å².